The Morgan fingerprint density at radius 2 is 2.08 bits per heavy atom. The normalized spacial score (nSPS) is 10.0. The molecule has 0 bridgehead atoms. The van der Waals surface area contributed by atoms with Gasteiger partial charge in [-0.2, -0.15) is 0 Å². The SMILES string of the molecule is C#CC[NH2+]CC(=O)Nc1sc(-c2ccccc2)cc1C(=O)OCC. The number of nitrogens with one attached hydrogen (secondary N) is 1. The Morgan fingerprint density at radius 1 is 1.33 bits per heavy atom. The second kappa shape index (κ2) is 8.87. The van der Waals surface area contributed by atoms with Gasteiger partial charge < -0.3 is 15.4 Å². The van der Waals surface area contributed by atoms with E-state index in [4.69, 9.17) is 11.2 Å². The molecular weight excluding hydrogens is 324 g/mol. The smallest absolute Gasteiger partial charge is 0.341 e. The number of rotatable bonds is 7. The lowest BCUT2D eigenvalue weighted by atomic mass is 10.1. The molecule has 6 heteroatoms. The largest absolute Gasteiger partial charge is 0.462 e. The van der Waals surface area contributed by atoms with Gasteiger partial charge in [-0.1, -0.05) is 30.3 Å². The Hall–Kier alpha value is -2.62. The second-order valence-electron chi connectivity index (χ2n) is 4.89. The van der Waals surface area contributed by atoms with Crippen LogP contribution in [-0.4, -0.2) is 31.6 Å². The van der Waals surface area contributed by atoms with Crippen molar-refractivity contribution in [3.63, 3.8) is 0 Å². The van der Waals surface area contributed by atoms with E-state index in [-0.39, 0.29) is 19.1 Å². The van der Waals surface area contributed by atoms with E-state index in [2.05, 4.69) is 11.2 Å². The van der Waals surface area contributed by atoms with E-state index in [1.54, 1.807) is 18.3 Å². The van der Waals surface area contributed by atoms with Crippen LogP contribution >= 0.6 is 11.3 Å². The number of amides is 1. The third-order valence-electron chi connectivity index (χ3n) is 3.13. The van der Waals surface area contributed by atoms with Crippen LogP contribution in [0.3, 0.4) is 0 Å². The molecule has 0 radical (unpaired) electrons. The number of benzene rings is 1. The van der Waals surface area contributed by atoms with Crippen molar-refractivity contribution in [2.45, 2.75) is 6.92 Å². The van der Waals surface area contributed by atoms with Crippen molar-refractivity contribution in [2.24, 2.45) is 0 Å². The zero-order valence-electron chi connectivity index (χ0n) is 13.4. The number of esters is 1. The Bertz CT molecular complexity index is 747. The van der Waals surface area contributed by atoms with Crippen LogP contribution in [0.2, 0.25) is 0 Å². The number of terminal acetylenes is 1. The monoisotopic (exact) mass is 343 g/mol. The summed E-state index contributed by atoms with van der Waals surface area (Å²) in [7, 11) is 0. The molecule has 2 aromatic rings. The fourth-order valence-corrected chi connectivity index (χ4v) is 3.12. The lowest BCUT2D eigenvalue weighted by molar-refractivity contribution is -0.632. The Morgan fingerprint density at radius 3 is 2.75 bits per heavy atom. The summed E-state index contributed by atoms with van der Waals surface area (Å²) in [6, 6.07) is 11.4. The Balaban J connectivity index is 2.24. The highest BCUT2D eigenvalue weighted by Crippen LogP contribution is 2.35. The molecule has 0 fully saturated rings. The molecule has 5 nitrogen and oxygen atoms in total. The van der Waals surface area contributed by atoms with E-state index in [0.29, 0.717) is 17.1 Å². The fourth-order valence-electron chi connectivity index (χ4n) is 2.05. The Kier molecular flexibility index (Phi) is 6.55. The molecule has 0 saturated carbocycles. The lowest BCUT2D eigenvalue weighted by Gasteiger charge is -2.04. The predicted octanol–water partition coefficient (Wildman–Crippen LogP) is 1.73. The van der Waals surface area contributed by atoms with Crippen LogP contribution in [0.15, 0.2) is 36.4 Å². The third-order valence-corrected chi connectivity index (χ3v) is 4.23. The first-order valence-electron chi connectivity index (χ1n) is 7.57. The van der Waals surface area contributed by atoms with Gasteiger partial charge in [0.2, 0.25) is 0 Å². The molecular formula is C18H19N2O3S+. The van der Waals surface area contributed by atoms with Gasteiger partial charge in [0.25, 0.3) is 5.91 Å². The van der Waals surface area contributed by atoms with E-state index in [0.717, 1.165) is 10.4 Å². The lowest BCUT2D eigenvalue weighted by Crippen LogP contribution is -2.86. The maximum absolute atomic E-state index is 12.2. The topological polar surface area (TPSA) is 72.0 Å². The van der Waals surface area contributed by atoms with Crippen LogP contribution in [0.5, 0.6) is 0 Å². The van der Waals surface area contributed by atoms with E-state index in [9.17, 15) is 9.59 Å². The van der Waals surface area contributed by atoms with Crippen LogP contribution in [0.4, 0.5) is 5.00 Å². The van der Waals surface area contributed by atoms with Crippen LogP contribution in [0.1, 0.15) is 17.3 Å². The van der Waals surface area contributed by atoms with E-state index in [1.807, 2.05) is 30.3 Å². The molecule has 0 spiro atoms. The number of thiophene rings is 1. The third kappa shape index (κ3) is 4.69. The first-order chi connectivity index (χ1) is 11.7. The number of carbonyl (C=O) groups excluding carboxylic acids is 2. The number of ether oxygens (including phenoxy) is 1. The summed E-state index contributed by atoms with van der Waals surface area (Å²) in [6.07, 6.45) is 5.16. The van der Waals surface area contributed by atoms with Crippen molar-refractivity contribution in [3.8, 4) is 22.8 Å². The first kappa shape index (κ1) is 17.7. The molecule has 24 heavy (non-hydrogen) atoms. The van der Waals surface area contributed by atoms with Gasteiger partial charge in [0.15, 0.2) is 6.54 Å². The molecule has 0 atom stereocenters. The van der Waals surface area contributed by atoms with Crippen LogP contribution in [0.25, 0.3) is 10.4 Å². The molecule has 0 aliphatic heterocycles. The van der Waals surface area contributed by atoms with E-state index < -0.39 is 5.97 Å². The average Bonchev–Trinajstić information content (AvgIpc) is 3.00. The molecule has 1 amide bonds. The number of anilines is 1. The summed E-state index contributed by atoms with van der Waals surface area (Å²) in [5.74, 6) is 1.80. The van der Waals surface area contributed by atoms with Crippen molar-refractivity contribution in [3.05, 3.63) is 42.0 Å². The van der Waals surface area contributed by atoms with Crippen LogP contribution in [0, 0.1) is 12.3 Å². The Labute approximate surface area is 145 Å². The molecule has 0 aliphatic rings. The van der Waals surface area contributed by atoms with Gasteiger partial charge in [-0.05, 0) is 24.5 Å². The highest BCUT2D eigenvalue weighted by molar-refractivity contribution is 7.20. The molecule has 1 aromatic carbocycles. The fraction of sp³-hybridized carbons (Fsp3) is 0.222. The molecule has 124 valence electrons. The second-order valence-corrected chi connectivity index (χ2v) is 5.94. The summed E-state index contributed by atoms with van der Waals surface area (Å²) in [6.45, 7) is 2.65. The molecule has 2 rings (SSSR count). The minimum absolute atomic E-state index is 0.199. The highest BCUT2D eigenvalue weighted by Gasteiger charge is 2.20. The first-order valence-corrected chi connectivity index (χ1v) is 8.38. The molecule has 0 unspecified atom stereocenters. The number of hydrogen-bond acceptors (Lipinski definition) is 4. The minimum Gasteiger partial charge on any atom is -0.462 e. The van der Waals surface area contributed by atoms with Gasteiger partial charge in [-0.15, -0.1) is 17.8 Å². The molecule has 0 aliphatic carbocycles. The van der Waals surface area contributed by atoms with Gasteiger partial charge in [0.1, 0.15) is 11.5 Å². The van der Waals surface area contributed by atoms with Gasteiger partial charge in [-0.3, -0.25) is 4.79 Å². The zero-order chi connectivity index (χ0) is 17.4. The maximum Gasteiger partial charge on any atom is 0.341 e. The van der Waals surface area contributed by atoms with Gasteiger partial charge in [0, 0.05) is 4.88 Å². The number of nitrogens with two attached hydrogens (primary N) is 1. The van der Waals surface area contributed by atoms with Crippen molar-refractivity contribution < 1.29 is 19.6 Å². The number of quaternary nitrogens is 1. The molecule has 0 saturated heterocycles. The van der Waals surface area contributed by atoms with Crippen molar-refractivity contribution >= 4 is 28.2 Å². The summed E-state index contributed by atoms with van der Waals surface area (Å²) in [5.41, 5.74) is 1.35. The van der Waals surface area contributed by atoms with Gasteiger partial charge >= 0.3 is 5.97 Å². The summed E-state index contributed by atoms with van der Waals surface area (Å²) in [4.78, 5) is 25.1. The number of carbonyl (C=O) groups is 2. The van der Waals surface area contributed by atoms with Crippen molar-refractivity contribution in [1.29, 1.82) is 0 Å². The van der Waals surface area contributed by atoms with Crippen LogP contribution < -0.4 is 10.6 Å². The van der Waals surface area contributed by atoms with Crippen molar-refractivity contribution in [1.82, 2.24) is 0 Å². The van der Waals surface area contributed by atoms with Gasteiger partial charge in [-0.25, -0.2) is 4.79 Å². The summed E-state index contributed by atoms with van der Waals surface area (Å²) >= 11 is 1.35. The average molecular weight is 343 g/mol. The number of hydrogen-bond donors (Lipinski definition) is 2. The van der Waals surface area contributed by atoms with E-state index >= 15 is 0 Å². The van der Waals surface area contributed by atoms with Crippen molar-refractivity contribution in [2.75, 3.05) is 25.0 Å². The molecule has 1 aromatic heterocycles. The quantitative estimate of drug-likeness (QED) is 0.457. The molecule has 1 heterocycles. The maximum atomic E-state index is 12.2. The summed E-state index contributed by atoms with van der Waals surface area (Å²) < 4.78 is 5.08. The standard InChI is InChI=1S/C18H18N2O3S/c1-3-10-19-12-16(21)20-17-14(18(22)23-4-2)11-15(24-17)13-8-6-5-7-9-13/h1,5-9,11,19H,4,10,12H2,2H3,(H,20,21)/p+1. The predicted molar refractivity (Wildman–Crippen MR) is 94.8 cm³/mol. The van der Waals surface area contributed by atoms with Gasteiger partial charge in [0.05, 0.1) is 12.2 Å². The van der Waals surface area contributed by atoms with E-state index in [1.165, 1.54) is 11.3 Å². The van der Waals surface area contributed by atoms with Crippen LogP contribution in [-0.2, 0) is 9.53 Å². The zero-order valence-corrected chi connectivity index (χ0v) is 14.2. The minimum atomic E-state index is -0.446. The summed E-state index contributed by atoms with van der Waals surface area (Å²) in [5, 5.41) is 4.98. The molecule has 3 N–H and O–H groups in total. The highest BCUT2D eigenvalue weighted by atomic mass is 32.1.